The van der Waals surface area contributed by atoms with Crippen LogP contribution < -0.4 is 9.44 Å². The Bertz CT molecular complexity index is 3920. The third kappa shape index (κ3) is 8.03. The van der Waals surface area contributed by atoms with E-state index in [1.165, 1.54) is 4.72 Å². The highest BCUT2D eigenvalue weighted by Gasteiger charge is 2.35. The number of hydrogen-bond acceptors (Lipinski definition) is 7. The zero-order valence-electron chi connectivity index (χ0n) is 34.8. The second-order valence-corrected chi connectivity index (χ2v) is 18.5. The number of aliphatic carboxylic acids is 2. The maximum atomic E-state index is 16.2. The molecule has 0 saturated carbocycles. The van der Waals surface area contributed by atoms with Gasteiger partial charge in [0.15, 0.2) is 69.8 Å². The number of fused-ring (bicyclic) bond motifs is 9. The number of aromatic nitrogens is 4. The topological polar surface area (TPSA) is 227 Å². The normalized spacial score (nSPS) is 12.4. The molecule has 3 aromatic carbocycles. The first-order valence-electron chi connectivity index (χ1n) is 19.3. The van der Waals surface area contributed by atoms with Crippen LogP contribution in [0, 0.1) is 88.4 Å². The van der Waals surface area contributed by atoms with E-state index in [9.17, 15) is 49.8 Å². The molecular formula is C42H20F14N6O8S2. The lowest BCUT2D eigenvalue weighted by molar-refractivity contribution is -0.136. The molecule has 7 N–H and O–H groups in total. The minimum atomic E-state index is -5.60. The third-order valence-corrected chi connectivity index (χ3v) is 13.7. The maximum absolute atomic E-state index is 16.2. The van der Waals surface area contributed by atoms with Crippen LogP contribution in [0.3, 0.4) is 0 Å². The minimum Gasteiger partial charge on any atom is -0.480 e. The van der Waals surface area contributed by atoms with E-state index in [4.69, 9.17) is 0 Å². The number of benzene rings is 3. The summed E-state index contributed by atoms with van der Waals surface area (Å²) in [5.41, 5.74) is -18.9. The van der Waals surface area contributed by atoms with Gasteiger partial charge >= 0.3 is 11.9 Å². The molecule has 1 aliphatic rings. The van der Waals surface area contributed by atoms with Crippen molar-refractivity contribution in [2.75, 3.05) is 13.1 Å². The predicted octanol–water partition coefficient (Wildman–Crippen LogP) is 8.68. The number of nitrogens with one attached hydrogen (secondary N) is 5. The van der Waals surface area contributed by atoms with Crippen molar-refractivity contribution in [1.82, 2.24) is 29.4 Å². The number of aromatic amines is 3. The molecule has 7 aromatic rings. The monoisotopic (exact) mass is 1070 g/mol. The van der Waals surface area contributed by atoms with Crippen LogP contribution in [0.4, 0.5) is 61.5 Å². The molecule has 0 unspecified atom stereocenters. The Morgan fingerprint density at radius 3 is 1.26 bits per heavy atom. The molecule has 0 spiro atoms. The van der Waals surface area contributed by atoms with Crippen molar-refractivity contribution in [1.29, 1.82) is 0 Å². The van der Waals surface area contributed by atoms with E-state index >= 15 is 48.3 Å². The molecule has 0 amide bonds. The van der Waals surface area contributed by atoms with Gasteiger partial charge in [-0.15, -0.1) is 0 Å². The number of halogens is 14. The lowest BCUT2D eigenvalue weighted by Gasteiger charge is -2.12. The summed E-state index contributed by atoms with van der Waals surface area (Å²) < 4.78 is 275. The van der Waals surface area contributed by atoms with E-state index in [1.54, 1.807) is 4.72 Å². The van der Waals surface area contributed by atoms with Gasteiger partial charge in [-0.2, -0.15) is 9.44 Å². The van der Waals surface area contributed by atoms with Gasteiger partial charge < -0.3 is 25.2 Å². The first-order valence-corrected chi connectivity index (χ1v) is 22.3. The third-order valence-electron chi connectivity index (χ3n) is 10.8. The molecule has 0 radical (unpaired) electrons. The highest BCUT2D eigenvalue weighted by molar-refractivity contribution is 7.90. The Morgan fingerprint density at radius 1 is 0.458 bits per heavy atom. The minimum absolute atomic E-state index is 0.321. The molecule has 0 saturated heterocycles. The standard InChI is InChI=1S/C42H20F14N6O8S2/c1-10-21(28(44)34(50)33(49)27(10)43)23-13-3-2-11(59-13)22(25-29(45)35(51)39(55)36(52)30(25)46)12-4-5-14(60-12)24(26-31(47)37(53)40(56)38(54)32(26)48)42-18(72(69,70)58-9-20(65)66)7-16(62-42)41-17(6-15(23)61-41)71(67,68)57-8-19(63)64/h2-7,57-58,60-62H,8-9H2,1H3,(H,63,64)(H,65,66). The molecule has 0 fully saturated rings. The first-order chi connectivity index (χ1) is 33.6. The summed E-state index contributed by atoms with van der Waals surface area (Å²) in [5.74, 6) is -40.2. The molecule has 5 heterocycles. The van der Waals surface area contributed by atoms with Crippen LogP contribution >= 0.6 is 0 Å². The number of rotatable bonds is 11. The van der Waals surface area contributed by atoms with Crippen LogP contribution in [0.5, 0.6) is 0 Å². The molecule has 4 aromatic heterocycles. The molecule has 72 heavy (non-hydrogen) atoms. The average molecular weight is 1070 g/mol. The number of H-pyrrole nitrogens is 3. The molecular weight excluding hydrogens is 1050 g/mol. The van der Waals surface area contributed by atoms with Gasteiger partial charge in [-0.25, -0.2) is 83.3 Å². The van der Waals surface area contributed by atoms with E-state index in [1.807, 2.05) is 0 Å². The second-order valence-electron chi connectivity index (χ2n) is 15.1. The fourth-order valence-electron chi connectivity index (χ4n) is 7.63. The van der Waals surface area contributed by atoms with E-state index < -0.39 is 220 Å². The van der Waals surface area contributed by atoms with Crippen molar-refractivity contribution in [3.8, 4) is 33.4 Å². The van der Waals surface area contributed by atoms with Crippen molar-refractivity contribution < 1.29 is 98.1 Å². The Balaban J connectivity index is 1.77. The smallest absolute Gasteiger partial charge is 0.318 e. The van der Waals surface area contributed by atoms with Gasteiger partial charge in [-0.1, -0.05) is 0 Å². The fourth-order valence-corrected chi connectivity index (χ4v) is 9.97. The molecule has 0 aliphatic carbocycles. The molecule has 14 nitrogen and oxygen atoms in total. The molecule has 8 bridgehead atoms. The van der Waals surface area contributed by atoms with E-state index in [0.29, 0.717) is 43.3 Å². The highest BCUT2D eigenvalue weighted by Crippen LogP contribution is 2.44. The number of carboxylic acid groups (broad SMARTS) is 2. The van der Waals surface area contributed by atoms with E-state index in [2.05, 4.69) is 19.9 Å². The van der Waals surface area contributed by atoms with Crippen LogP contribution in [-0.2, 0) is 29.6 Å². The van der Waals surface area contributed by atoms with Gasteiger partial charge in [0.05, 0.1) is 44.6 Å². The first kappa shape index (κ1) is 50.6. The van der Waals surface area contributed by atoms with Gasteiger partial charge in [0, 0.05) is 33.3 Å². The van der Waals surface area contributed by atoms with Gasteiger partial charge in [0.1, 0.15) is 22.9 Å². The largest absolute Gasteiger partial charge is 0.480 e. The van der Waals surface area contributed by atoms with Gasteiger partial charge in [-0.3, -0.25) is 9.59 Å². The summed E-state index contributed by atoms with van der Waals surface area (Å²) in [7, 11) is -11.0. The fraction of sp³-hybridized carbons (Fsp3) is 0.0714. The molecule has 30 heteroatoms. The van der Waals surface area contributed by atoms with Crippen LogP contribution in [0.1, 0.15) is 17.0 Å². The maximum Gasteiger partial charge on any atom is 0.318 e. The van der Waals surface area contributed by atoms with Crippen molar-refractivity contribution in [2.24, 2.45) is 0 Å². The van der Waals surface area contributed by atoms with E-state index in [0.717, 1.165) is 0 Å². The Labute approximate surface area is 389 Å². The number of hydrogen-bond donors (Lipinski definition) is 7. The summed E-state index contributed by atoms with van der Waals surface area (Å²) in [5, 5.41) is 18.7. The Morgan fingerprint density at radius 2 is 0.806 bits per heavy atom. The zero-order valence-corrected chi connectivity index (χ0v) is 36.4. The lowest BCUT2D eigenvalue weighted by Crippen LogP contribution is -2.29. The highest BCUT2D eigenvalue weighted by atomic mass is 32.2. The van der Waals surface area contributed by atoms with Gasteiger partial charge in [0.25, 0.3) is 0 Å². The molecule has 1 aliphatic heterocycles. The quantitative estimate of drug-likeness (QED) is 0.0373. The summed E-state index contributed by atoms with van der Waals surface area (Å²) in [4.78, 5) is 31.1. The summed E-state index contributed by atoms with van der Waals surface area (Å²) >= 11 is 0. The number of sulfonamides is 2. The van der Waals surface area contributed by atoms with Gasteiger partial charge in [-0.05, 0) is 48.9 Å². The van der Waals surface area contributed by atoms with Crippen molar-refractivity contribution in [2.45, 2.75) is 16.7 Å². The second kappa shape index (κ2) is 17.8. The van der Waals surface area contributed by atoms with Crippen molar-refractivity contribution in [3.63, 3.8) is 0 Å². The Kier molecular flexibility index (Phi) is 12.5. The van der Waals surface area contributed by atoms with Crippen LogP contribution in [0.15, 0.2) is 34.1 Å². The SMILES string of the molecule is Cc1c(F)c(F)c(F)c(F)c1-c1c2nc(c(-c3c(F)c(F)c(F)c(F)c3F)c3ccc([nH]3)c(-c3c(F)c(F)c(F)c(F)c3F)c3[nH]c(cc3S(=O)(=O)NCC(=O)O)c3[nH]c1cc3S(=O)(=O)NCC(=O)O)C=C2. The van der Waals surface area contributed by atoms with E-state index in [-0.39, 0.29) is 0 Å². The summed E-state index contributed by atoms with van der Waals surface area (Å²) in [6.07, 6.45) is 1.35. The summed E-state index contributed by atoms with van der Waals surface area (Å²) in [6.45, 7) is -2.37. The van der Waals surface area contributed by atoms with Crippen LogP contribution in [0.2, 0.25) is 0 Å². The predicted molar refractivity (Wildman–Crippen MR) is 221 cm³/mol. The Hall–Kier alpha value is -7.83. The van der Waals surface area contributed by atoms with Gasteiger partial charge in [0.2, 0.25) is 31.7 Å². The average Bonchev–Trinajstić information content (AvgIpc) is 4.18. The molecule has 8 rings (SSSR count). The van der Waals surface area contributed by atoms with Crippen LogP contribution in [-0.4, -0.2) is 72.0 Å². The number of carbonyl (C=O) groups is 2. The van der Waals surface area contributed by atoms with Crippen molar-refractivity contribution >= 4 is 77.2 Å². The molecule has 0 atom stereocenters. The number of carboxylic acids is 2. The van der Waals surface area contributed by atoms with Crippen molar-refractivity contribution in [3.05, 3.63) is 123 Å². The summed E-state index contributed by atoms with van der Waals surface area (Å²) in [6, 6.07) is 1.86. The van der Waals surface area contributed by atoms with Crippen LogP contribution in [0.25, 0.3) is 78.6 Å². The molecule has 376 valence electrons. The lowest BCUT2D eigenvalue weighted by atomic mass is 9.97. The zero-order chi connectivity index (χ0) is 53.0. The number of nitrogens with zero attached hydrogens (tertiary/aromatic N) is 1.